The van der Waals surface area contributed by atoms with Crippen LogP contribution in [0.4, 0.5) is 0 Å². The molecule has 0 aliphatic carbocycles. The van der Waals surface area contributed by atoms with E-state index in [0.717, 1.165) is 5.56 Å². The Balaban J connectivity index is 1.78. The molecule has 9 nitrogen and oxygen atoms in total. The Bertz CT molecular complexity index is 1230. The van der Waals surface area contributed by atoms with Gasteiger partial charge in [-0.15, -0.1) is 0 Å². The summed E-state index contributed by atoms with van der Waals surface area (Å²) < 4.78 is 45.2. The Kier molecular flexibility index (Phi) is 7.81. The highest BCUT2D eigenvalue weighted by molar-refractivity contribution is 5.89. The van der Waals surface area contributed by atoms with Crippen LogP contribution in [0.5, 0.6) is 40.2 Å². The number of esters is 1. The second-order valence-electron chi connectivity index (χ2n) is 8.18. The van der Waals surface area contributed by atoms with Crippen molar-refractivity contribution in [3.05, 3.63) is 65.2 Å². The van der Waals surface area contributed by atoms with Gasteiger partial charge in [-0.2, -0.15) is 0 Å². The van der Waals surface area contributed by atoms with Crippen molar-refractivity contribution >= 4 is 5.97 Å². The molecule has 0 radical (unpaired) electrons. The summed E-state index contributed by atoms with van der Waals surface area (Å²) in [5.74, 6) is 3.21. The van der Waals surface area contributed by atoms with Gasteiger partial charge in [0.1, 0.15) is 29.1 Å². The standard InChI is InChI=1S/C28H30O9/c1-30-18-9-7-16(8-10-18)28(29)37-25-15-20-21(32-3)13-19(31-2)14-22(20)36-26(25)17-11-23(33-4)27(35-6)24(12-17)34-5/h7-14,25-26H,15H2,1-6H3/t25-,26-/m1/s1. The molecule has 37 heavy (non-hydrogen) atoms. The van der Waals surface area contributed by atoms with Crippen LogP contribution in [0.15, 0.2) is 48.5 Å². The number of carbonyl (C=O) groups is 1. The zero-order valence-corrected chi connectivity index (χ0v) is 21.7. The van der Waals surface area contributed by atoms with Gasteiger partial charge in [0.25, 0.3) is 0 Å². The average Bonchev–Trinajstić information content (AvgIpc) is 2.95. The third kappa shape index (κ3) is 5.16. The molecular formula is C28H30O9. The monoisotopic (exact) mass is 510 g/mol. The van der Waals surface area contributed by atoms with Crippen LogP contribution in [0, 0.1) is 0 Å². The van der Waals surface area contributed by atoms with Gasteiger partial charge in [-0.25, -0.2) is 4.79 Å². The van der Waals surface area contributed by atoms with Crippen molar-refractivity contribution in [3.8, 4) is 40.2 Å². The van der Waals surface area contributed by atoms with E-state index in [4.69, 9.17) is 37.9 Å². The van der Waals surface area contributed by atoms with Gasteiger partial charge in [0.05, 0.1) is 48.2 Å². The van der Waals surface area contributed by atoms with Crippen molar-refractivity contribution < 1.29 is 42.7 Å². The first kappa shape index (κ1) is 25.8. The van der Waals surface area contributed by atoms with E-state index in [0.29, 0.717) is 57.8 Å². The van der Waals surface area contributed by atoms with Crippen molar-refractivity contribution in [3.63, 3.8) is 0 Å². The number of methoxy groups -OCH3 is 6. The topological polar surface area (TPSA) is 90.9 Å². The fourth-order valence-electron chi connectivity index (χ4n) is 4.31. The van der Waals surface area contributed by atoms with E-state index in [2.05, 4.69) is 0 Å². The molecule has 0 saturated carbocycles. The van der Waals surface area contributed by atoms with Crippen molar-refractivity contribution in [1.82, 2.24) is 0 Å². The Morgan fingerprint density at radius 2 is 1.35 bits per heavy atom. The van der Waals surface area contributed by atoms with Crippen LogP contribution in [0.1, 0.15) is 27.6 Å². The second kappa shape index (κ2) is 11.2. The van der Waals surface area contributed by atoms with E-state index in [1.54, 1.807) is 69.9 Å². The summed E-state index contributed by atoms with van der Waals surface area (Å²) >= 11 is 0. The summed E-state index contributed by atoms with van der Waals surface area (Å²) in [6.07, 6.45) is -1.06. The number of fused-ring (bicyclic) bond motifs is 1. The van der Waals surface area contributed by atoms with Crippen LogP contribution in [-0.2, 0) is 11.2 Å². The Morgan fingerprint density at radius 3 is 1.89 bits per heavy atom. The summed E-state index contributed by atoms with van der Waals surface area (Å²) in [6.45, 7) is 0. The van der Waals surface area contributed by atoms with E-state index < -0.39 is 18.2 Å². The molecule has 2 atom stereocenters. The van der Waals surface area contributed by atoms with Crippen LogP contribution in [-0.4, -0.2) is 54.7 Å². The Hall–Kier alpha value is -4.27. The van der Waals surface area contributed by atoms with Gasteiger partial charge >= 0.3 is 5.97 Å². The van der Waals surface area contributed by atoms with Gasteiger partial charge in [-0.1, -0.05) is 0 Å². The summed E-state index contributed by atoms with van der Waals surface area (Å²) in [7, 11) is 9.31. The molecule has 0 amide bonds. The molecular weight excluding hydrogens is 480 g/mol. The third-order valence-corrected chi connectivity index (χ3v) is 6.19. The maximum Gasteiger partial charge on any atom is 0.338 e. The minimum atomic E-state index is -0.702. The molecule has 1 aliphatic rings. The quantitative estimate of drug-likeness (QED) is 0.382. The van der Waals surface area contributed by atoms with Gasteiger partial charge in [-0.05, 0) is 36.4 Å². The summed E-state index contributed by atoms with van der Waals surface area (Å²) in [5, 5.41) is 0. The van der Waals surface area contributed by atoms with Gasteiger partial charge in [-0.3, -0.25) is 0 Å². The molecule has 196 valence electrons. The van der Waals surface area contributed by atoms with Crippen LogP contribution >= 0.6 is 0 Å². The molecule has 1 aliphatic heterocycles. The smallest absolute Gasteiger partial charge is 0.338 e. The van der Waals surface area contributed by atoms with Gasteiger partial charge in [0, 0.05) is 29.7 Å². The van der Waals surface area contributed by atoms with Gasteiger partial charge < -0.3 is 37.9 Å². The highest BCUT2D eigenvalue weighted by Crippen LogP contribution is 2.46. The molecule has 1 heterocycles. The zero-order valence-electron chi connectivity index (χ0n) is 21.7. The molecule has 9 heteroatoms. The molecule has 3 aromatic carbocycles. The molecule has 0 N–H and O–H groups in total. The number of hydrogen-bond donors (Lipinski definition) is 0. The molecule has 0 aromatic heterocycles. The fourth-order valence-corrected chi connectivity index (χ4v) is 4.31. The predicted octanol–water partition coefficient (Wildman–Crippen LogP) is 4.64. The number of hydrogen-bond acceptors (Lipinski definition) is 9. The van der Waals surface area contributed by atoms with Crippen molar-refractivity contribution in [2.45, 2.75) is 18.6 Å². The van der Waals surface area contributed by atoms with Crippen LogP contribution in [0.2, 0.25) is 0 Å². The first-order valence-electron chi connectivity index (χ1n) is 11.5. The lowest BCUT2D eigenvalue weighted by molar-refractivity contribution is -0.0188. The fraction of sp³-hybridized carbons (Fsp3) is 0.321. The lowest BCUT2D eigenvalue weighted by atomic mass is 9.93. The normalized spacial score (nSPS) is 16.1. The van der Waals surface area contributed by atoms with E-state index in [-0.39, 0.29) is 0 Å². The molecule has 0 fully saturated rings. The molecule has 0 bridgehead atoms. The molecule has 0 spiro atoms. The zero-order chi connectivity index (χ0) is 26.5. The lowest BCUT2D eigenvalue weighted by Gasteiger charge is -2.34. The Labute approximate surface area is 215 Å². The van der Waals surface area contributed by atoms with Gasteiger partial charge in [0.2, 0.25) is 5.75 Å². The van der Waals surface area contributed by atoms with Crippen LogP contribution < -0.4 is 33.2 Å². The summed E-state index contributed by atoms with van der Waals surface area (Å²) in [4.78, 5) is 13.2. The van der Waals surface area contributed by atoms with Crippen LogP contribution in [0.3, 0.4) is 0 Å². The third-order valence-electron chi connectivity index (χ3n) is 6.19. The Morgan fingerprint density at radius 1 is 0.730 bits per heavy atom. The predicted molar refractivity (Wildman–Crippen MR) is 135 cm³/mol. The van der Waals surface area contributed by atoms with Crippen molar-refractivity contribution in [1.29, 1.82) is 0 Å². The summed E-state index contributed by atoms with van der Waals surface area (Å²) in [5.41, 5.74) is 1.82. The van der Waals surface area contributed by atoms with Crippen molar-refractivity contribution in [2.75, 3.05) is 42.7 Å². The molecule has 4 rings (SSSR count). The number of rotatable bonds is 9. The lowest BCUT2D eigenvalue weighted by Crippen LogP contribution is -2.35. The minimum Gasteiger partial charge on any atom is -0.497 e. The number of ether oxygens (including phenoxy) is 8. The van der Waals surface area contributed by atoms with E-state index in [9.17, 15) is 4.79 Å². The minimum absolute atomic E-state index is 0.339. The maximum absolute atomic E-state index is 13.2. The maximum atomic E-state index is 13.2. The largest absolute Gasteiger partial charge is 0.497 e. The first-order valence-corrected chi connectivity index (χ1v) is 11.5. The average molecular weight is 511 g/mol. The first-order chi connectivity index (χ1) is 18.0. The van der Waals surface area contributed by atoms with E-state index in [1.807, 2.05) is 0 Å². The number of benzene rings is 3. The molecule has 0 saturated heterocycles. The molecule has 3 aromatic rings. The second-order valence-corrected chi connectivity index (χ2v) is 8.18. The van der Waals surface area contributed by atoms with Gasteiger partial charge in [0.15, 0.2) is 17.6 Å². The SMILES string of the molecule is COc1ccc(C(=O)O[C@@H]2Cc3c(OC)cc(OC)cc3O[C@@H]2c2cc(OC)c(OC)c(OC)c2)cc1. The van der Waals surface area contributed by atoms with Crippen molar-refractivity contribution in [2.24, 2.45) is 0 Å². The highest BCUT2D eigenvalue weighted by atomic mass is 16.6. The van der Waals surface area contributed by atoms with Crippen LogP contribution in [0.25, 0.3) is 0 Å². The highest BCUT2D eigenvalue weighted by Gasteiger charge is 2.37. The summed E-state index contributed by atoms with van der Waals surface area (Å²) in [6, 6.07) is 13.8. The molecule has 0 unspecified atom stereocenters. The van der Waals surface area contributed by atoms with E-state index >= 15 is 0 Å². The van der Waals surface area contributed by atoms with E-state index in [1.165, 1.54) is 21.3 Å². The number of carbonyl (C=O) groups excluding carboxylic acids is 1.